The summed E-state index contributed by atoms with van der Waals surface area (Å²) >= 11 is 0. The first kappa shape index (κ1) is 48.3. The summed E-state index contributed by atoms with van der Waals surface area (Å²) in [6, 6.07) is 43.7. The number of nitriles is 1. The first-order valence-electron chi connectivity index (χ1n) is 25.1. The Morgan fingerprint density at radius 2 is 0.600 bits per heavy atom. The molecule has 0 radical (unpaired) electrons. The van der Waals surface area contributed by atoms with Gasteiger partial charge in [0.2, 0.25) is 0 Å². The van der Waals surface area contributed by atoms with E-state index in [1.807, 2.05) is 36.4 Å². The van der Waals surface area contributed by atoms with Gasteiger partial charge in [0.05, 0.1) is 11.6 Å². The normalized spacial score (nSPS) is 10.7. The highest BCUT2D eigenvalue weighted by Crippen LogP contribution is 2.32. The van der Waals surface area contributed by atoms with Crippen LogP contribution in [0.25, 0.3) is 21.5 Å². The Labute approximate surface area is 392 Å². The van der Waals surface area contributed by atoms with Crippen LogP contribution in [-0.4, -0.2) is 13.1 Å². The molecule has 0 atom stereocenters. The molecule has 0 saturated carbocycles. The summed E-state index contributed by atoms with van der Waals surface area (Å²) in [6.45, 7) is 6.86. The second kappa shape index (κ2) is 27.9. The molecule has 0 unspecified atom stereocenters. The van der Waals surface area contributed by atoms with E-state index in [-0.39, 0.29) is 0 Å². The lowest BCUT2D eigenvalue weighted by Gasteiger charge is -2.25. The van der Waals surface area contributed by atoms with Crippen molar-refractivity contribution in [2.45, 2.75) is 142 Å². The van der Waals surface area contributed by atoms with E-state index in [0.717, 1.165) is 68.0 Å². The van der Waals surface area contributed by atoms with Gasteiger partial charge in [0.15, 0.2) is 0 Å². The standard InChI is InChI=1S/C63H70N2/c1-3-5-7-9-11-13-15-17-19-25-49-65(50-26-20-18-16-14-12-10-8-6-4-2)57-45-41-55(42-46-57)44-48-63-60-29-23-21-27-58(60)62(59-28-22-24-30-61(59)63)47-43-54-35-33-52(34-36-54)31-32-53-37-39-56(51-64)40-38-53/h21-24,27-30,33-42,45-46H,3-20,25-26,49-50H2,1-2H3. The molecule has 332 valence electrons. The maximum Gasteiger partial charge on any atom is 0.0991 e. The third-order valence-electron chi connectivity index (χ3n) is 12.6. The molecule has 0 fully saturated rings. The zero-order valence-electron chi connectivity index (χ0n) is 39.5. The van der Waals surface area contributed by atoms with Gasteiger partial charge in [-0.2, -0.15) is 5.26 Å². The Morgan fingerprint density at radius 3 is 0.923 bits per heavy atom. The molecule has 0 N–H and O–H groups in total. The van der Waals surface area contributed by atoms with Crippen LogP contribution in [-0.2, 0) is 0 Å². The molecular weight excluding hydrogens is 785 g/mol. The van der Waals surface area contributed by atoms with Crippen LogP contribution in [0, 0.1) is 46.9 Å². The van der Waals surface area contributed by atoms with E-state index in [1.54, 1.807) is 12.1 Å². The lowest BCUT2D eigenvalue weighted by Crippen LogP contribution is -2.25. The smallest absolute Gasteiger partial charge is 0.0991 e. The maximum atomic E-state index is 9.07. The highest BCUT2D eigenvalue weighted by atomic mass is 15.1. The topological polar surface area (TPSA) is 27.0 Å². The van der Waals surface area contributed by atoms with Crippen LogP contribution in [0.4, 0.5) is 5.69 Å². The van der Waals surface area contributed by atoms with Gasteiger partial charge in [-0.15, -0.1) is 0 Å². The summed E-state index contributed by atoms with van der Waals surface area (Å²) in [7, 11) is 0. The largest absolute Gasteiger partial charge is 0.372 e. The van der Waals surface area contributed by atoms with Gasteiger partial charge in [0.25, 0.3) is 0 Å². The third kappa shape index (κ3) is 15.8. The van der Waals surface area contributed by atoms with Crippen molar-refractivity contribution in [2.24, 2.45) is 0 Å². The molecule has 0 heterocycles. The zero-order chi connectivity index (χ0) is 45.2. The fourth-order valence-electron chi connectivity index (χ4n) is 8.78. The van der Waals surface area contributed by atoms with Crippen molar-refractivity contribution in [3.05, 3.63) is 160 Å². The van der Waals surface area contributed by atoms with Gasteiger partial charge in [-0.25, -0.2) is 0 Å². The average molecular weight is 855 g/mol. The van der Waals surface area contributed by atoms with E-state index in [4.69, 9.17) is 5.26 Å². The van der Waals surface area contributed by atoms with Gasteiger partial charge < -0.3 is 4.90 Å². The lowest BCUT2D eigenvalue weighted by molar-refractivity contribution is 0.543. The monoisotopic (exact) mass is 855 g/mol. The number of anilines is 1. The van der Waals surface area contributed by atoms with Gasteiger partial charge in [-0.3, -0.25) is 0 Å². The number of unbranched alkanes of at least 4 members (excludes halogenated alkanes) is 18. The number of hydrogen-bond donors (Lipinski definition) is 0. The zero-order valence-corrected chi connectivity index (χ0v) is 39.5. The third-order valence-corrected chi connectivity index (χ3v) is 12.6. The minimum atomic E-state index is 0.633. The molecule has 0 spiro atoms. The van der Waals surface area contributed by atoms with Crippen molar-refractivity contribution >= 4 is 27.2 Å². The van der Waals surface area contributed by atoms with E-state index in [9.17, 15) is 0 Å². The summed E-state index contributed by atoms with van der Waals surface area (Å²) in [5.41, 5.74) is 7.78. The Morgan fingerprint density at radius 1 is 0.323 bits per heavy atom. The lowest BCUT2D eigenvalue weighted by atomic mass is 9.92. The van der Waals surface area contributed by atoms with Crippen LogP contribution < -0.4 is 4.90 Å². The summed E-state index contributed by atoms with van der Waals surface area (Å²) < 4.78 is 0. The maximum absolute atomic E-state index is 9.07. The van der Waals surface area contributed by atoms with Crippen molar-refractivity contribution < 1.29 is 0 Å². The summed E-state index contributed by atoms with van der Waals surface area (Å²) in [5.74, 6) is 20.6. The highest BCUT2D eigenvalue weighted by Gasteiger charge is 2.12. The first-order chi connectivity index (χ1) is 32.2. The first-order valence-corrected chi connectivity index (χ1v) is 25.1. The van der Waals surface area contributed by atoms with Crippen molar-refractivity contribution in [2.75, 3.05) is 18.0 Å². The molecule has 0 saturated heterocycles. The number of hydrogen-bond acceptors (Lipinski definition) is 2. The summed E-state index contributed by atoms with van der Waals surface area (Å²) in [4.78, 5) is 2.65. The van der Waals surface area contributed by atoms with Crippen molar-refractivity contribution in [3.8, 4) is 41.6 Å². The van der Waals surface area contributed by atoms with Gasteiger partial charge >= 0.3 is 0 Å². The Balaban J connectivity index is 1.14. The van der Waals surface area contributed by atoms with Crippen LogP contribution >= 0.6 is 0 Å². The van der Waals surface area contributed by atoms with E-state index in [1.165, 1.54) is 134 Å². The second-order valence-corrected chi connectivity index (χ2v) is 17.8. The molecule has 6 aromatic carbocycles. The molecule has 0 aliphatic rings. The van der Waals surface area contributed by atoms with Gasteiger partial charge in [0.1, 0.15) is 0 Å². The van der Waals surface area contributed by atoms with E-state index < -0.39 is 0 Å². The predicted octanol–water partition coefficient (Wildman–Crippen LogP) is 16.7. The van der Waals surface area contributed by atoms with Crippen molar-refractivity contribution in [1.29, 1.82) is 5.26 Å². The average Bonchev–Trinajstić information content (AvgIpc) is 3.35. The van der Waals surface area contributed by atoms with Crippen LogP contribution in [0.1, 0.15) is 181 Å². The van der Waals surface area contributed by atoms with Gasteiger partial charge in [-0.05, 0) is 107 Å². The van der Waals surface area contributed by atoms with Crippen molar-refractivity contribution in [3.63, 3.8) is 0 Å². The summed E-state index contributed by atoms with van der Waals surface area (Å²) in [5, 5.41) is 13.5. The fourth-order valence-corrected chi connectivity index (χ4v) is 8.78. The number of nitrogens with zero attached hydrogens (tertiary/aromatic N) is 2. The Kier molecular flexibility index (Phi) is 20.7. The van der Waals surface area contributed by atoms with Gasteiger partial charge in [-0.1, -0.05) is 213 Å². The molecule has 2 heteroatoms. The molecule has 0 aromatic heterocycles. The Bertz CT molecular complexity index is 2510. The second-order valence-electron chi connectivity index (χ2n) is 17.8. The molecule has 0 aliphatic heterocycles. The molecule has 0 aliphatic carbocycles. The molecule has 2 nitrogen and oxygen atoms in total. The molecule has 6 rings (SSSR count). The summed E-state index contributed by atoms with van der Waals surface area (Å²) in [6.07, 6.45) is 27.3. The van der Waals surface area contributed by atoms with Crippen LogP contribution in [0.15, 0.2) is 121 Å². The van der Waals surface area contributed by atoms with Gasteiger partial charge in [0, 0.05) is 52.2 Å². The fraction of sp³-hybridized carbons (Fsp3) is 0.381. The Hall–Kier alpha value is -6.19. The van der Waals surface area contributed by atoms with Crippen LogP contribution in [0.2, 0.25) is 0 Å². The molecule has 6 aromatic rings. The quantitative estimate of drug-likeness (QED) is 0.0365. The number of benzene rings is 6. The van der Waals surface area contributed by atoms with E-state index >= 15 is 0 Å². The molecule has 0 bridgehead atoms. The molecular formula is C63H70N2. The minimum Gasteiger partial charge on any atom is -0.372 e. The van der Waals surface area contributed by atoms with Crippen molar-refractivity contribution in [1.82, 2.24) is 0 Å². The molecule has 65 heavy (non-hydrogen) atoms. The van der Waals surface area contributed by atoms with Crippen LogP contribution in [0.5, 0.6) is 0 Å². The van der Waals surface area contributed by atoms with E-state index in [2.05, 4.69) is 133 Å². The predicted molar refractivity (Wildman–Crippen MR) is 279 cm³/mol. The molecule has 0 amide bonds. The van der Waals surface area contributed by atoms with Crippen LogP contribution in [0.3, 0.4) is 0 Å². The van der Waals surface area contributed by atoms with E-state index in [0.29, 0.717) is 5.56 Å². The highest BCUT2D eigenvalue weighted by molar-refractivity contribution is 6.09. The minimum absolute atomic E-state index is 0.633. The number of rotatable bonds is 23. The SMILES string of the molecule is CCCCCCCCCCCCN(CCCCCCCCCCCC)c1ccc(C#Cc2c3ccccc3c(C#Cc3ccc(C#Cc4ccc(C#N)cc4)cc3)c3ccccc23)cc1. The number of fused-ring (bicyclic) bond motifs is 2.